The quantitative estimate of drug-likeness (QED) is 0.793. The van der Waals surface area contributed by atoms with Crippen LogP contribution in [-0.2, 0) is 9.63 Å². The molecule has 0 bridgehead atoms. The Morgan fingerprint density at radius 2 is 2.16 bits per heavy atom. The zero-order chi connectivity index (χ0) is 14.0. The molecule has 0 spiro atoms. The number of nitrogens with one attached hydrogen (secondary N) is 2. The molecule has 0 unspecified atom stereocenters. The summed E-state index contributed by atoms with van der Waals surface area (Å²) in [6.07, 6.45) is 0. The number of rotatable bonds is 2. The first-order valence-corrected chi connectivity index (χ1v) is 5.90. The van der Waals surface area contributed by atoms with Crippen molar-refractivity contribution in [1.82, 2.24) is 5.48 Å². The van der Waals surface area contributed by atoms with E-state index in [4.69, 9.17) is 9.57 Å². The summed E-state index contributed by atoms with van der Waals surface area (Å²) in [5.74, 6) is -0.0681. The lowest BCUT2D eigenvalue weighted by atomic mass is 10.1. The zero-order valence-corrected chi connectivity index (χ0v) is 11.1. The maximum Gasteiger partial charge on any atom is 0.274 e. The molecule has 19 heavy (non-hydrogen) atoms. The monoisotopic (exact) mass is 264 g/mol. The summed E-state index contributed by atoms with van der Waals surface area (Å²) in [4.78, 5) is 28.3. The molecule has 6 nitrogen and oxygen atoms in total. The minimum Gasteiger partial charge on any atom is -0.482 e. The molecule has 1 aliphatic heterocycles. The molecule has 1 aromatic rings. The molecule has 0 saturated carbocycles. The number of hydrogen-bond donors (Lipinski definition) is 2. The minimum absolute atomic E-state index is 0.00826. The van der Waals surface area contributed by atoms with Crippen LogP contribution in [0, 0.1) is 0 Å². The van der Waals surface area contributed by atoms with Gasteiger partial charge in [-0.3, -0.25) is 14.4 Å². The van der Waals surface area contributed by atoms with Gasteiger partial charge in [0.1, 0.15) is 5.75 Å². The van der Waals surface area contributed by atoms with Gasteiger partial charge < -0.3 is 10.1 Å². The van der Waals surface area contributed by atoms with Crippen molar-refractivity contribution in [2.75, 3.05) is 11.9 Å². The van der Waals surface area contributed by atoms with Crippen LogP contribution in [0.1, 0.15) is 31.1 Å². The lowest BCUT2D eigenvalue weighted by Crippen LogP contribution is -2.33. The maximum absolute atomic E-state index is 11.9. The third-order valence-electron chi connectivity index (χ3n) is 2.32. The second-order valence-electron chi connectivity index (χ2n) is 5.19. The Morgan fingerprint density at radius 1 is 1.42 bits per heavy atom. The normalized spacial score (nSPS) is 14.2. The van der Waals surface area contributed by atoms with Gasteiger partial charge in [0.05, 0.1) is 11.3 Å². The van der Waals surface area contributed by atoms with Crippen LogP contribution in [0.5, 0.6) is 5.75 Å². The Morgan fingerprint density at radius 3 is 2.84 bits per heavy atom. The minimum atomic E-state index is -0.471. The van der Waals surface area contributed by atoms with Crippen molar-refractivity contribution in [3.8, 4) is 5.75 Å². The first-order chi connectivity index (χ1) is 8.85. The molecular formula is C13H16N2O4. The van der Waals surface area contributed by atoms with E-state index in [1.54, 1.807) is 18.2 Å². The van der Waals surface area contributed by atoms with Crippen LogP contribution in [0.2, 0.25) is 0 Å². The van der Waals surface area contributed by atoms with E-state index < -0.39 is 5.60 Å². The van der Waals surface area contributed by atoms with Crippen LogP contribution in [0.25, 0.3) is 0 Å². The van der Waals surface area contributed by atoms with Crippen molar-refractivity contribution < 1.29 is 19.2 Å². The number of anilines is 1. The van der Waals surface area contributed by atoms with E-state index in [-0.39, 0.29) is 18.4 Å². The highest BCUT2D eigenvalue weighted by Gasteiger charge is 2.19. The SMILES string of the molecule is CC(C)(C)ONC(=O)c1ccc2c(c1)NC(=O)CO2. The first kappa shape index (κ1) is 13.4. The van der Waals surface area contributed by atoms with Crippen LogP contribution in [0.4, 0.5) is 5.69 Å². The number of hydroxylamine groups is 1. The molecule has 6 heteroatoms. The van der Waals surface area contributed by atoms with Crippen LogP contribution in [-0.4, -0.2) is 24.0 Å². The van der Waals surface area contributed by atoms with Crippen molar-refractivity contribution in [3.05, 3.63) is 23.8 Å². The van der Waals surface area contributed by atoms with E-state index in [0.717, 1.165) is 0 Å². The molecule has 0 atom stereocenters. The highest BCUT2D eigenvalue weighted by atomic mass is 16.7. The number of ether oxygens (including phenoxy) is 1. The van der Waals surface area contributed by atoms with Gasteiger partial charge in [-0.2, -0.15) is 0 Å². The molecule has 2 amide bonds. The highest BCUT2D eigenvalue weighted by Crippen LogP contribution is 2.28. The number of carbonyl (C=O) groups excluding carboxylic acids is 2. The first-order valence-electron chi connectivity index (χ1n) is 5.90. The summed E-state index contributed by atoms with van der Waals surface area (Å²) in [6, 6.07) is 4.80. The predicted octanol–water partition coefficient (Wildman–Crippen LogP) is 1.48. The maximum atomic E-state index is 11.9. The summed E-state index contributed by atoms with van der Waals surface area (Å²) in [6.45, 7) is 5.47. The molecule has 102 valence electrons. The molecular weight excluding hydrogens is 248 g/mol. The molecule has 2 rings (SSSR count). The van der Waals surface area contributed by atoms with E-state index in [1.165, 1.54) is 0 Å². The van der Waals surface area contributed by atoms with Gasteiger partial charge in [0, 0.05) is 5.56 Å². The van der Waals surface area contributed by atoms with E-state index >= 15 is 0 Å². The number of benzene rings is 1. The number of carbonyl (C=O) groups is 2. The van der Waals surface area contributed by atoms with Crippen LogP contribution in [0.15, 0.2) is 18.2 Å². The molecule has 2 N–H and O–H groups in total. The van der Waals surface area contributed by atoms with Crippen molar-refractivity contribution in [3.63, 3.8) is 0 Å². The molecule has 1 heterocycles. The summed E-state index contributed by atoms with van der Waals surface area (Å²) >= 11 is 0. The van der Waals surface area contributed by atoms with Crippen LogP contribution in [0.3, 0.4) is 0 Å². The fourth-order valence-corrected chi connectivity index (χ4v) is 1.48. The fourth-order valence-electron chi connectivity index (χ4n) is 1.48. The van der Waals surface area contributed by atoms with Gasteiger partial charge in [-0.15, -0.1) is 0 Å². The lowest BCUT2D eigenvalue weighted by Gasteiger charge is -2.20. The van der Waals surface area contributed by atoms with Gasteiger partial charge in [0.15, 0.2) is 6.61 Å². The highest BCUT2D eigenvalue weighted by molar-refractivity contribution is 5.99. The smallest absolute Gasteiger partial charge is 0.274 e. The summed E-state index contributed by atoms with van der Waals surface area (Å²) in [5.41, 5.74) is 2.76. The van der Waals surface area contributed by atoms with Crippen molar-refractivity contribution in [1.29, 1.82) is 0 Å². The Bertz CT molecular complexity index is 520. The number of fused-ring (bicyclic) bond motifs is 1. The third-order valence-corrected chi connectivity index (χ3v) is 2.32. The average Bonchev–Trinajstić information content (AvgIpc) is 2.34. The Hall–Kier alpha value is -2.08. The molecule has 0 saturated heterocycles. The predicted molar refractivity (Wildman–Crippen MR) is 68.9 cm³/mol. The van der Waals surface area contributed by atoms with Gasteiger partial charge in [0.25, 0.3) is 11.8 Å². The summed E-state index contributed by atoms with van der Waals surface area (Å²) < 4.78 is 5.21. The summed E-state index contributed by atoms with van der Waals surface area (Å²) in [7, 11) is 0. The lowest BCUT2D eigenvalue weighted by molar-refractivity contribution is -0.118. The van der Waals surface area contributed by atoms with Gasteiger partial charge >= 0.3 is 0 Å². The molecule has 0 aromatic heterocycles. The topological polar surface area (TPSA) is 76.7 Å². The van der Waals surface area contributed by atoms with Gasteiger partial charge in [-0.25, -0.2) is 5.48 Å². The number of hydrogen-bond acceptors (Lipinski definition) is 4. The summed E-state index contributed by atoms with van der Waals surface area (Å²) in [5, 5.41) is 2.64. The average molecular weight is 264 g/mol. The van der Waals surface area contributed by atoms with Gasteiger partial charge in [-0.05, 0) is 39.0 Å². The van der Waals surface area contributed by atoms with E-state index in [2.05, 4.69) is 10.8 Å². The van der Waals surface area contributed by atoms with E-state index in [1.807, 2.05) is 20.8 Å². The van der Waals surface area contributed by atoms with Gasteiger partial charge in [-0.1, -0.05) is 0 Å². The fraction of sp³-hybridized carbons (Fsp3) is 0.385. The van der Waals surface area contributed by atoms with Crippen LogP contribution < -0.4 is 15.5 Å². The van der Waals surface area contributed by atoms with E-state index in [0.29, 0.717) is 17.0 Å². The molecule has 0 fully saturated rings. The zero-order valence-electron chi connectivity index (χ0n) is 11.1. The number of amides is 2. The Balaban J connectivity index is 2.11. The van der Waals surface area contributed by atoms with Crippen molar-refractivity contribution in [2.45, 2.75) is 26.4 Å². The van der Waals surface area contributed by atoms with Crippen LogP contribution >= 0.6 is 0 Å². The molecule has 1 aliphatic rings. The second kappa shape index (κ2) is 4.89. The van der Waals surface area contributed by atoms with E-state index in [9.17, 15) is 9.59 Å². The molecule has 1 aromatic carbocycles. The Kier molecular flexibility index (Phi) is 3.44. The van der Waals surface area contributed by atoms with Crippen molar-refractivity contribution >= 4 is 17.5 Å². The Labute approximate surface area is 111 Å². The largest absolute Gasteiger partial charge is 0.482 e. The second-order valence-corrected chi connectivity index (χ2v) is 5.19. The third kappa shape index (κ3) is 3.45. The molecule has 0 aliphatic carbocycles. The van der Waals surface area contributed by atoms with Gasteiger partial charge in [0.2, 0.25) is 0 Å². The van der Waals surface area contributed by atoms with Crippen molar-refractivity contribution in [2.24, 2.45) is 0 Å². The standard InChI is InChI=1S/C13H16N2O4/c1-13(2,3)19-15-12(17)8-4-5-10-9(6-8)14-11(16)7-18-10/h4-6H,7H2,1-3H3,(H,14,16)(H,15,17). The molecule has 0 radical (unpaired) electrons.